The second-order valence-corrected chi connectivity index (χ2v) is 9.54. The molecule has 0 aromatic heterocycles. The van der Waals surface area contributed by atoms with Gasteiger partial charge in [0.15, 0.2) is 0 Å². The Labute approximate surface area is 184 Å². The Kier molecular flexibility index (Phi) is 5.27. The Morgan fingerprint density at radius 3 is 2.17 bits per heavy atom. The Morgan fingerprint density at radius 1 is 1.03 bits per heavy atom. The lowest BCUT2D eigenvalue weighted by atomic mass is 9.86. The van der Waals surface area contributed by atoms with E-state index in [2.05, 4.69) is 45.0 Å². The maximum absolute atomic E-state index is 13.5. The fraction of sp³-hybridized carbons (Fsp3) is 0.400. The summed E-state index contributed by atoms with van der Waals surface area (Å²) in [6, 6.07) is 15.6. The van der Waals surface area contributed by atoms with Gasteiger partial charge in [0.1, 0.15) is 22.1 Å². The molecule has 2 aromatic carbocycles. The van der Waals surface area contributed by atoms with Gasteiger partial charge in [-0.2, -0.15) is 0 Å². The summed E-state index contributed by atoms with van der Waals surface area (Å²) in [4.78, 5) is 20.9. The fourth-order valence-electron chi connectivity index (χ4n) is 4.34. The van der Waals surface area contributed by atoms with Gasteiger partial charge in [0.05, 0.1) is 7.11 Å². The number of methoxy groups -OCH3 is 1. The molecule has 0 bridgehead atoms. The second kappa shape index (κ2) is 7.62. The van der Waals surface area contributed by atoms with Crippen LogP contribution >= 0.6 is 12.2 Å². The highest BCUT2D eigenvalue weighted by Crippen LogP contribution is 2.42. The number of hydrogen-bond acceptors (Lipinski definition) is 4. The number of carbonyl (C=O) groups excluding carboxylic acids is 1. The van der Waals surface area contributed by atoms with Gasteiger partial charge in [0, 0.05) is 11.1 Å². The van der Waals surface area contributed by atoms with Crippen LogP contribution in [0.15, 0.2) is 53.5 Å². The van der Waals surface area contributed by atoms with Crippen molar-refractivity contribution in [1.29, 1.82) is 0 Å². The summed E-state index contributed by atoms with van der Waals surface area (Å²) in [5.74, 6) is 0.636. The van der Waals surface area contributed by atoms with Crippen molar-refractivity contribution in [3.63, 3.8) is 0 Å². The lowest BCUT2D eigenvalue weighted by Crippen LogP contribution is -2.48. The molecule has 1 heterocycles. The Balaban J connectivity index is 1.69. The highest BCUT2D eigenvalue weighted by atomic mass is 32.1. The Hall–Kier alpha value is -2.53. The van der Waals surface area contributed by atoms with Crippen LogP contribution in [0.2, 0.25) is 0 Å². The van der Waals surface area contributed by atoms with Crippen LogP contribution in [0.5, 0.6) is 5.75 Å². The average molecular weight is 421 g/mol. The normalized spacial score (nSPS) is 18.1. The van der Waals surface area contributed by atoms with Gasteiger partial charge in [-0.25, -0.2) is 0 Å². The predicted molar refractivity (Wildman–Crippen MR) is 125 cm³/mol. The number of aliphatic imine (C=N–C) groups is 1. The Morgan fingerprint density at radius 2 is 1.63 bits per heavy atom. The molecule has 156 valence electrons. The van der Waals surface area contributed by atoms with E-state index in [0.29, 0.717) is 10.6 Å². The standard InChI is InChI=1S/C25H28N2O2S/c1-24(2,3)19-11-7-17(8-12-19)21-23(30)27(25(26-21)15-5-6-16-25)22(28)18-9-13-20(29-4)14-10-18/h7-14H,5-6,15-16H2,1-4H3. The minimum atomic E-state index is -0.549. The molecule has 1 aliphatic carbocycles. The van der Waals surface area contributed by atoms with Crippen molar-refractivity contribution in [2.24, 2.45) is 4.99 Å². The van der Waals surface area contributed by atoms with Crippen molar-refractivity contribution >= 4 is 28.8 Å². The quantitative estimate of drug-likeness (QED) is 0.613. The summed E-state index contributed by atoms with van der Waals surface area (Å²) < 4.78 is 5.22. The average Bonchev–Trinajstić information content (AvgIpc) is 3.31. The van der Waals surface area contributed by atoms with E-state index in [-0.39, 0.29) is 11.3 Å². The third kappa shape index (κ3) is 3.56. The van der Waals surface area contributed by atoms with Crippen molar-refractivity contribution in [1.82, 2.24) is 4.90 Å². The number of amides is 1. The SMILES string of the molecule is COc1ccc(C(=O)N2C(=S)C(c3ccc(C(C)(C)C)cc3)=NC23CCCC3)cc1. The molecule has 1 spiro atoms. The van der Waals surface area contributed by atoms with Gasteiger partial charge in [0.25, 0.3) is 5.91 Å². The summed E-state index contributed by atoms with van der Waals surface area (Å²) in [6.07, 6.45) is 3.79. The lowest BCUT2D eigenvalue weighted by molar-refractivity contribution is 0.0724. The molecular formula is C25H28N2O2S. The van der Waals surface area contributed by atoms with Gasteiger partial charge >= 0.3 is 0 Å². The van der Waals surface area contributed by atoms with Gasteiger partial charge in [-0.1, -0.05) is 57.3 Å². The second-order valence-electron chi connectivity index (χ2n) is 9.15. The number of rotatable bonds is 3. The van der Waals surface area contributed by atoms with Crippen LogP contribution in [-0.2, 0) is 5.41 Å². The zero-order chi connectivity index (χ0) is 21.5. The van der Waals surface area contributed by atoms with Crippen LogP contribution in [0.4, 0.5) is 0 Å². The van der Waals surface area contributed by atoms with Crippen molar-refractivity contribution in [3.8, 4) is 5.75 Å². The third-order valence-electron chi connectivity index (χ3n) is 6.11. The first-order chi connectivity index (χ1) is 14.2. The number of hydrogen-bond donors (Lipinski definition) is 0. The zero-order valence-electron chi connectivity index (χ0n) is 18.1. The minimum Gasteiger partial charge on any atom is -0.497 e. The molecule has 0 radical (unpaired) electrons. The van der Waals surface area contributed by atoms with Crippen molar-refractivity contribution < 1.29 is 9.53 Å². The smallest absolute Gasteiger partial charge is 0.260 e. The topological polar surface area (TPSA) is 41.9 Å². The molecule has 30 heavy (non-hydrogen) atoms. The maximum Gasteiger partial charge on any atom is 0.260 e. The fourth-order valence-corrected chi connectivity index (χ4v) is 4.75. The van der Waals surface area contributed by atoms with Gasteiger partial charge < -0.3 is 4.74 Å². The molecule has 2 aromatic rings. The molecule has 4 nitrogen and oxygen atoms in total. The number of nitrogens with zero attached hydrogens (tertiary/aromatic N) is 2. The van der Waals surface area contributed by atoms with Gasteiger partial charge in [-0.3, -0.25) is 14.7 Å². The summed E-state index contributed by atoms with van der Waals surface area (Å²) in [7, 11) is 1.62. The molecule has 1 saturated carbocycles. The van der Waals surface area contributed by atoms with E-state index < -0.39 is 5.66 Å². The van der Waals surface area contributed by atoms with Crippen LogP contribution in [0, 0.1) is 0 Å². The molecule has 1 fully saturated rings. The first-order valence-electron chi connectivity index (χ1n) is 10.5. The lowest BCUT2D eigenvalue weighted by Gasteiger charge is -2.32. The monoisotopic (exact) mass is 420 g/mol. The molecule has 1 aliphatic heterocycles. The summed E-state index contributed by atoms with van der Waals surface area (Å²) in [6.45, 7) is 6.59. The molecule has 0 saturated heterocycles. The largest absolute Gasteiger partial charge is 0.497 e. The van der Waals surface area contributed by atoms with Crippen molar-refractivity contribution in [2.45, 2.75) is 57.5 Å². The molecule has 1 amide bonds. The van der Waals surface area contributed by atoms with Crippen molar-refractivity contribution in [3.05, 3.63) is 65.2 Å². The van der Waals surface area contributed by atoms with E-state index in [1.54, 1.807) is 36.3 Å². The van der Waals surface area contributed by atoms with Crippen LogP contribution in [0.3, 0.4) is 0 Å². The first-order valence-corrected chi connectivity index (χ1v) is 10.9. The van der Waals surface area contributed by atoms with Crippen LogP contribution < -0.4 is 4.74 Å². The summed E-state index contributed by atoms with van der Waals surface area (Å²) in [5, 5.41) is 0. The molecule has 0 unspecified atom stereocenters. The Bertz CT molecular complexity index is 995. The molecule has 4 rings (SSSR count). The van der Waals surface area contributed by atoms with Crippen LogP contribution in [-0.4, -0.2) is 34.3 Å². The number of thiocarbonyl (C=S) groups is 1. The maximum atomic E-state index is 13.5. The van der Waals surface area contributed by atoms with Gasteiger partial charge in [-0.15, -0.1) is 0 Å². The van der Waals surface area contributed by atoms with Crippen molar-refractivity contribution in [2.75, 3.05) is 7.11 Å². The molecule has 0 atom stereocenters. The molecule has 5 heteroatoms. The van der Waals surface area contributed by atoms with E-state index in [0.717, 1.165) is 42.7 Å². The minimum absolute atomic E-state index is 0.0829. The van der Waals surface area contributed by atoms with Gasteiger partial charge in [0.2, 0.25) is 0 Å². The summed E-state index contributed by atoms with van der Waals surface area (Å²) >= 11 is 5.83. The number of benzene rings is 2. The van der Waals surface area contributed by atoms with E-state index >= 15 is 0 Å². The van der Waals surface area contributed by atoms with E-state index in [4.69, 9.17) is 21.9 Å². The predicted octanol–water partition coefficient (Wildman–Crippen LogP) is 5.54. The van der Waals surface area contributed by atoms with E-state index in [1.807, 2.05) is 0 Å². The van der Waals surface area contributed by atoms with Crippen LogP contribution in [0.1, 0.15) is 67.9 Å². The number of ether oxygens (including phenoxy) is 1. The highest BCUT2D eigenvalue weighted by molar-refractivity contribution is 7.82. The molecule has 2 aliphatic rings. The third-order valence-corrected chi connectivity index (χ3v) is 6.49. The van der Waals surface area contributed by atoms with Gasteiger partial charge in [-0.05, 0) is 60.9 Å². The molecule has 0 N–H and O–H groups in total. The zero-order valence-corrected chi connectivity index (χ0v) is 18.9. The van der Waals surface area contributed by atoms with Crippen LogP contribution in [0.25, 0.3) is 0 Å². The highest BCUT2D eigenvalue weighted by Gasteiger charge is 2.50. The molecular weight excluding hydrogens is 392 g/mol. The summed E-state index contributed by atoms with van der Waals surface area (Å²) in [5.41, 5.74) is 3.13. The van der Waals surface area contributed by atoms with E-state index in [1.165, 1.54) is 5.56 Å². The van der Waals surface area contributed by atoms with E-state index in [9.17, 15) is 4.79 Å². The number of carbonyl (C=O) groups is 1. The first kappa shape index (κ1) is 20.7.